The van der Waals surface area contributed by atoms with Crippen LogP contribution in [0.25, 0.3) is 0 Å². The van der Waals surface area contributed by atoms with Crippen LogP contribution in [0, 0.1) is 17.8 Å². The zero-order valence-electron chi connectivity index (χ0n) is 12.9. The van der Waals surface area contributed by atoms with E-state index in [1.807, 2.05) is 9.80 Å². The van der Waals surface area contributed by atoms with Crippen molar-refractivity contribution in [3.8, 4) is 0 Å². The molecule has 2 amide bonds. The molecule has 1 saturated carbocycles. The van der Waals surface area contributed by atoms with Crippen LogP contribution in [0.3, 0.4) is 0 Å². The number of hydrogen-bond donors (Lipinski definition) is 1. The molecule has 0 aromatic carbocycles. The second-order valence-electron chi connectivity index (χ2n) is 6.85. The lowest BCUT2D eigenvalue weighted by Gasteiger charge is -2.36. The molecule has 2 unspecified atom stereocenters. The molecule has 0 spiro atoms. The molecule has 6 nitrogen and oxygen atoms in total. The van der Waals surface area contributed by atoms with E-state index < -0.39 is 11.9 Å². The summed E-state index contributed by atoms with van der Waals surface area (Å²) in [5.41, 5.74) is 0. The minimum atomic E-state index is -0.850. The third-order valence-electron chi connectivity index (χ3n) is 5.25. The van der Waals surface area contributed by atoms with Crippen LogP contribution in [0.4, 0.5) is 0 Å². The molecule has 3 fully saturated rings. The number of nitrogens with zero attached hydrogens (tertiary/aromatic N) is 2. The molecule has 3 rings (SSSR count). The van der Waals surface area contributed by atoms with Crippen LogP contribution in [-0.4, -0.2) is 58.9 Å². The third-order valence-corrected chi connectivity index (χ3v) is 5.25. The van der Waals surface area contributed by atoms with Gasteiger partial charge in [-0.1, -0.05) is 0 Å². The summed E-state index contributed by atoms with van der Waals surface area (Å²) in [5, 5.41) is 8.91. The predicted octanol–water partition coefficient (Wildman–Crippen LogP) is 0.958. The zero-order valence-corrected chi connectivity index (χ0v) is 12.9. The van der Waals surface area contributed by atoms with E-state index in [-0.39, 0.29) is 17.7 Å². The van der Waals surface area contributed by atoms with Crippen LogP contribution in [0.15, 0.2) is 0 Å². The Bertz CT molecular complexity index is 471. The molecule has 2 atom stereocenters. The quantitative estimate of drug-likeness (QED) is 0.839. The molecule has 122 valence electrons. The second kappa shape index (κ2) is 6.26. The van der Waals surface area contributed by atoms with E-state index in [1.54, 1.807) is 0 Å². The van der Waals surface area contributed by atoms with E-state index in [1.165, 1.54) is 0 Å². The number of amides is 2. The van der Waals surface area contributed by atoms with Crippen molar-refractivity contribution in [2.75, 3.05) is 26.2 Å². The fraction of sp³-hybridized carbons (Fsp3) is 0.812. The normalized spacial score (nSPS) is 29.5. The van der Waals surface area contributed by atoms with Crippen molar-refractivity contribution in [1.29, 1.82) is 0 Å². The molecule has 2 heterocycles. The van der Waals surface area contributed by atoms with Gasteiger partial charge >= 0.3 is 5.97 Å². The molecular formula is C16H24N2O4. The monoisotopic (exact) mass is 308 g/mol. The molecule has 0 aromatic rings. The summed E-state index contributed by atoms with van der Waals surface area (Å²) in [6, 6.07) is 0. The Morgan fingerprint density at radius 3 is 2.41 bits per heavy atom. The molecule has 0 bridgehead atoms. The van der Waals surface area contributed by atoms with E-state index in [9.17, 15) is 14.4 Å². The smallest absolute Gasteiger partial charge is 0.307 e. The van der Waals surface area contributed by atoms with Gasteiger partial charge < -0.3 is 14.9 Å². The molecule has 0 aromatic heterocycles. The minimum absolute atomic E-state index is 0.0138. The van der Waals surface area contributed by atoms with Gasteiger partial charge in [-0.3, -0.25) is 14.4 Å². The first-order chi connectivity index (χ1) is 10.6. The van der Waals surface area contributed by atoms with Crippen molar-refractivity contribution in [3.05, 3.63) is 0 Å². The lowest BCUT2D eigenvalue weighted by molar-refractivity contribution is -0.142. The first-order valence-corrected chi connectivity index (χ1v) is 8.35. The van der Waals surface area contributed by atoms with E-state index in [0.29, 0.717) is 31.8 Å². The maximum Gasteiger partial charge on any atom is 0.307 e. The van der Waals surface area contributed by atoms with Crippen LogP contribution in [0.5, 0.6) is 0 Å². The van der Waals surface area contributed by atoms with Gasteiger partial charge in [-0.2, -0.15) is 0 Å². The minimum Gasteiger partial charge on any atom is -0.481 e. The van der Waals surface area contributed by atoms with Gasteiger partial charge in [0.1, 0.15) is 0 Å². The third kappa shape index (κ3) is 3.25. The molecule has 2 aliphatic heterocycles. The fourth-order valence-electron chi connectivity index (χ4n) is 3.68. The Morgan fingerprint density at radius 2 is 1.82 bits per heavy atom. The van der Waals surface area contributed by atoms with Gasteiger partial charge in [-0.05, 0) is 38.0 Å². The molecule has 1 aliphatic carbocycles. The topological polar surface area (TPSA) is 77.9 Å². The zero-order chi connectivity index (χ0) is 15.7. The Morgan fingerprint density at radius 1 is 1.09 bits per heavy atom. The van der Waals surface area contributed by atoms with Crippen molar-refractivity contribution in [2.24, 2.45) is 17.8 Å². The largest absolute Gasteiger partial charge is 0.481 e. The first kappa shape index (κ1) is 15.3. The number of rotatable bonds is 4. The first-order valence-electron chi connectivity index (χ1n) is 8.35. The van der Waals surface area contributed by atoms with Crippen molar-refractivity contribution >= 4 is 17.8 Å². The SMILES string of the molecule is O=C(O)C1CC1C(=O)N1CCC(CN2CCCCC2=O)CC1. The summed E-state index contributed by atoms with van der Waals surface area (Å²) >= 11 is 0. The number of likely N-dealkylation sites (tertiary alicyclic amines) is 2. The fourth-order valence-corrected chi connectivity index (χ4v) is 3.68. The molecule has 3 aliphatic rings. The summed E-state index contributed by atoms with van der Waals surface area (Å²) in [4.78, 5) is 38.7. The molecule has 1 N–H and O–H groups in total. The van der Waals surface area contributed by atoms with Crippen molar-refractivity contribution < 1.29 is 19.5 Å². The Hall–Kier alpha value is -1.59. The molecular weight excluding hydrogens is 284 g/mol. The lowest BCUT2D eigenvalue weighted by Crippen LogP contribution is -2.44. The van der Waals surface area contributed by atoms with Gasteiger partial charge in [0.05, 0.1) is 11.8 Å². The van der Waals surface area contributed by atoms with E-state index in [4.69, 9.17) is 5.11 Å². The van der Waals surface area contributed by atoms with Gasteiger partial charge in [-0.25, -0.2) is 0 Å². The Kier molecular flexibility index (Phi) is 4.36. The highest BCUT2D eigenvalue weighted by atomic mass is 16.4. The summed E-state index contributed by atoms with van der Waals surface area (Å²) in [6.45, 7) is 3.10. The second-order valence-corrected chi connectivity index (χ2v) is 6.85. The summed E-state index contributed by atoms with van der Waals surface area (Å²) in [7, 11) is 0. The van der Waals surface area contributed by atoms with Gasteiger partial charge in [0.25, 0.3) is 0 Å². The van der Waals surface area contributed by atoms with Crippen LogP contribution in [-0.2, 0) is 14.4 Å². The number of carboxylic acid groups (broad SMARTS) is 1. The van der Waals surface area contributed by atoms with Gasteiger partial charge in [0.15, 0.2) is 0 Å². The average Bonchev–Trinajstić information content (AvgIpc) is 3.30. The highest BCUT2D eigenvalue weighted by Crippen LogP contribution is 2.40. The summed E-state index contributed by atoms with van der Waals surface area (Å²) in [6.07, 6.45) is 5.11. The van der Waals surface area contributed by atoms with Crippen LogP contribution in [0.1, 0.15) is 38.5 Å². The Labute approximate surface area is 130 Å². The highest BCUT2D eigenvalue weighted by Gasteiger charge is 2.50. The average molecular weight is 308 g/mol. The molecule has 6 heteroatoms. The maximum atomic E-state index is 12.2. The lowest BCUT2D eigenvalue weighted by atomic mass is 9.95. The van der Waals surface area contributed by atoms with Crippen molar-refractivity contribution in [2.45, 2.75) is 38.5 Å². The number of hydrogen-bond acceptors (Lipinski definition) is 3. The highest BCUT2D eigenvalue weighted by molar-refractivity contribution is 5.89. The van der Waals surface area contributed by atoms with E-state index in [2.05, 4.69) is 0 Å². The van der Waals surface area contributed by atoms with Crippen molar-refractivity contribution in [1.82, 2.24) is 9.80 Å². The number of carbonyl (C=O) groups is 3. The molecule has 22 heavy (non-hydrogen) atoms. The van der Waals surface area contributed by atoms with E-state index >= 15 is 0 Å². The molecule has 2 saturated heterocycles. The van der Waals surface area contributed by atoms with Crippen molar-refractivity contribution in [3.63, 3.8) is 0 Å². The number of carbonyl (C=O) groups excluding carboxylic acids is 2. The number of carboxylic acids is 1. The summed E-state index contributed by atoms with van der Waals surface area (Å²) < 4.78 is 0. The number of aliphatic carboxylic acids is 1. The number of piperidine rings is 2. The maximum absolute atomic E-state index is 12.2. The van der Waals surface area contributed by atoms with Crippen LogP contribution >= 0.6 is 0 Å². The van der Waals surface area contributed by atoms with Gasteiger partial charge in [-0.15, -0.1) is 0 Å². The van der Waals surface area contributed by atoms with Crippen LogP contribution in [0.2, 0.25) is 0 Å². The van der Waals surface area contributed by atoms with Crippen LogP contribution < -0.4 is 0 Å². The van der Waals surface area contributed by atoms with E-state index in [0.717, 1.165) is 38.8 Å². The van der Waals surface area contributed by atoms with Gasteiger partial charge in [0, 0.05) is 32.6 Å². The summed E-state index contributed by atoms with van der Waals surface area (Å²) in [5.74, 6) is -0.849. The predicted molar refractivity (Wildman–Crippen MR) is 79.0 cm³/mol. The van der Waals surface area contributed by atoms with Gasteiger partial charge in [0.2, 0.25) is 11.8 Å². The standard InChI is InChI=1S/C16H24N2O4/c19-14-3-1-2-6-18(14)10-11-4-7-17(8-5-11)15(20)12-9-13(12)16(21)22/h11-13H,1-10H2,(H,21,22). The Balaban J connectivity index is 1.43. The molecule has 0 radical (unpaired) electrons.